The van der Waals surface area contributed by atoms with E-state index in [1.807, 2.05) is 0 Å². The summed E-state index contributed by atoms with van der Waals surface area (Å²) in [4.78, 5) is 7.75. The molecule has 6 atom stereocenters. The van der Waals surface area contributed by atoms with E-state index in [-0.39, 0.29) is 30.4 Å². The Labute approximate surface area is 379 Å². The first kappa shape index (κ1) is 38.1. The first-order valence-electron chi connectivity index (χ1n) is 23.4. The molecule has 6 aromatic carbocycles. The van der Waals surface area contributed by atoms with Crippen molar-refractivity contribution < 1.29 is 4.74 Å². The molecule has 0 radical (unpaired) electrons. The van der Waals surface area contributed by atoms with Crippen LogP contribution in [0.1, 0.15) is 24.8 Å². The summed E-state index contributed by atoms with van der Waals surface area (Å²) in [5, 5.41) is 1.45. The van der Waals surface area contributed by atoms with Gasteiger partial charge < -0.3 is 19.4 Å². The molecule has 3 heterocycles. The molecule has 7 aliphatic rings. The van der Waals surface area contributed by atoms with Crippen molar-refractivity contribution in [2.24, 2.45) is 17.3 Å². The van der Waals surface area contributed by atoms with Gasteiger partial charge >= 0.3 is 8.80 Å². The van der Waals surface area contributed by atoms with Gasteiger partial charge in [0.25, 0.3) is 6.71 Å². The number of hydrogen-bond donors (Lipinski definition) is 0. The number of hydrogen-bond acceptors (Lipinski definition) is 4. The molecule has 4 aliphatic carbocycles. The van der Waals surface area contributed by atoms with Crippen LogP contribution >= 0.6 is 0 Å². The third-order valence-electron chi connectivity index (χ3n) is 15.5. The van der Waals surface area contributed by atoms with Crippen molar-refractivity contribution in [3.05, 3.63) is 205 Å². The van der Waals surface area contributed by atoms with Gasteiger partial charge in [0, 0.05) is 57.3 Å². The van der Waals surface area contributed by atoms with Crippen LogP contribution in [-0.4, -0.2) is 33.8 Å². The van der Waals surface area contributed by atoms with Gasteiger partial charge in [-0.3, -0.25) is 0 Å². The largest absolute Gasteiger partial charge is 0.369 e. The Morgan fingerprint density at radius 2 is 1.41 bits per heavy atom. The Morgan fingerprint density at radius 3 is 2.19 bits per heavy atom. The van der Waals surface area contributed by atoms with E-state index in [0.29, 0.717) is 11.8 Å². The number of rotatable bonds is 6. The molecule has 310 valence electrons. The Balaban J connectivity index is 1.01. The highest BCUT2D eigenvalue weighted by Crippen LogP contribution is 2.66. The van der Waals surface area contributed by atoms with Gasteiger partial charge in [0.15, 0.2) is 0 Å². The second-order valence-electron chi connectivity index (χ2n) is 19.1. The summed E-state index contributed by atoms with van der Waals surface area (Å²) >= 11 is 0. The molecule has 1 fully saturated rings. The number of nitrogens with zero attached hydrogens (tertiary/aromatic N) is 3. The van der Waals surface area contributed by atoms with Gasteiger partial charge in [-0.2, -0.15) is 0 Å². The molecular weight excluding hydrogens is 794 g/mol. The number of aryl methyl sites for hydroxylation is 1. The molecule has 6 unspecified atom stereocenters. The number of benzene rings is 6. The van der Waals surface area contributed by atoms with E-state index in [1.165, 1.54) is 55.6 Å². The van der Waals surface area contributed by atoms with E-state index in [4.69, 9.17) is 4.74 Å². The maximum atomic E-state index is 6.67. The van der Waals surface area contributed by atoms with Gasteiger partial charge in [-0.15, -0.1) is 0 Å². The zero-order valence-electron chi connectivity index (χ0n) is 36.7. The molecule has 0 amide bonds. The zero-order chi connectivity index (χ0) is 42.7. The van der Waals surface area contributed by atoms with Crippen molar-refractivity contribution in [2.75, 3.05) is 14.7 Å². The second-order valence-corrected chi connectivity index (χ2v) is 21.7. The lowest BCUT2D eigenvalue weighted by atomic mass is 9.33. The van der Waals surface area contributed by atoms with Crippen LogP contribution in [0.2, 0.25) is 13.1 Å². The summed E-state index contributed by atoms with van der Waals surface area (Å²) in [6, 6.07) is 52.7. The molecule has 1 spiro atoms. The number of ether oxygens (including phenoxy) is 1. The first-order valence-corrected chi connectivity index (χ1v) is 25.9. The number of allylic oxidation sites excluding steroid dienone is 6. The van der Waals surface area contributed by atoms with Crippen LogP contribution in [0.25, 0.3) is 0 Å². The molecule has 0 N–H and O–H groups in total. The lowest BCUT2D eigenvalue weighted by molar-refractivity contribution is -0.222. The van der Waals surface area contributed by atoms with Crippen molar-refractivity contribution in [1.82, 2.24) is 0 Å². The van der Waals surface area contributed by atoms with E-state index in [2.05, 4.69) is 223 Å². The number of fused-ring (bicyclic) bond motifs is 6. The van der Waals surface area contributed by atoms with E-state index in [9.17, 15) is 0 Å². The van der Waals surface area contributed by atoms with Gasteiger partial charge in [0.2, 0.25) is 0 Å². The zero-order valence-corrected chi connectivity index (χ0v) is 37.7. The molecule has 64 heavy (non-hydrogen) atoms. The van der Waals surface area contributed by atoms with Crippen molar-refractivity contribution in [3.8, 4) is 0 Å². The highest BCUT2D eigenvalue weighted by Gasteiger charge is 2.66. The molecule has 6 aromatic rings. The summed E-state index contributed by atoms with van der Waals surface area (Å²) in [6.45, 7) is 7.16. The standard InChI is InChI=1S/C58H51BN3OSi/c1-38-26-28-41(29-27-38)61-52-35-43(60(39-16-6-4-7-17-39)40-18-8-5-9-19-40)31-33-50(52)59-49-22-12-13-23-51(49)62(54-37-44(64(2)3)36-53(61)57(54)59)42-30-32-48-46(34-42)45-20-10-11-21-47(45)58(48)55-24-14-15-25-56(58)63-55/h4-14,16-24,26-33,35-37,42,45,47,55-56H,15,25,34H2,1-3H3/q+1. The molecule has 6 heteroatoms. The second kappa shape index (κ2) is 14.6. The SMILES string of the molecule is Cc1ccc(N2c3cc(N(c4ccccc4)c4ccccc4)ccc3B3c4ccccc4N(C4C=CC5=C(C4)C4C=CC=CC4C54C5C=CCCC4O5)c4cc([Si+](C)C)cc2c43)cc1. The van der Waals surface area contributed by atoms with Gasteiger partial charge in [-0.05, 0) is 115 Å². The van der Waals surface area contributed by atoms with E-state index < -0.39 is 8.80 Å². The van der Waals surface area contributed by atoms with Crippen molar-refractivity contribution in [1.29, 1.82) is 0 Å². The average Bonchev–Trinajstić information content (AvgIpc) is 3.47. The number of para-hydroxylation sites is 3. The monoisotopic (exact) mass is 844 g/mol. The van der Waals surface area contributed by atoms with Crippen LogP contribution in [0.15, 0.2) is 199 Å². The third-order valence-corrected chi connectivity index (χ3v) is 17.0. The molecule has 13 rings (SSSR count). The van der Waals surface area contributed by atoms with E-state index in [1.54, 1.807) is 11.1 Å². The lowest BCUT2D eigenvalue weighted by Gasteiger charge is -2.57. The highest BCUT2D eigenvalue weighted by atomic mass is 28.3. The Bertz CT molecular complexity index is 2970. The van der Waals surface area contributed by atoms with Gasteiger partial charge in [0.05, 0.1) is 36.8 Å². The minimum Gasteiger partial charge on any atom is -0.369 e. The summed E-state index contributed by atoms with van der Waals surface area (Å²) in [5.41, 5.74) is 18.4. The lowest BCUT2D eigenvalue weighted by Crippen LogP contribution is -2.63. The highest BCUT2D eigenvalue weighted by molar-refractivity contribution is 7.00. The summed E-state index contributed by atoms with van der Waals surface area (Å²) in [5.74, 6) is 0.826. The molecule has 4 nitrogen and oxygen atoms in total. The van der Waals surface area contributed by atoms with Crippen molar-refractivity contribution in [3.63, 3.8) is 0 Å². The summed E-state index contributed by atoms with van der Waals surface area (Å²) < 4.78 is 6.67. The Hall–Kier alpha value is -6.34. The Kier molecular flexibility index (Phi) is 8.70. The smallest absolute Gasteiger partial charge is 0.345 e. The normalized spacial score (nSPS) is 25.0. The van der Waals surface area contributed by atoms with Gasteiger partial charge in [-0.1, -0.05) is 133 Å². The fourth-order valence-corrected chi connectivity index (χ4v) is 13.6. The summed E-state index contributed by atoms with van der Waals surface area (Å²) in [7, 11) is -0.859. The van der Waals surface area contributed by atoms with Crippen LogP contribution < -0.4 is 36.3 Å². The van der Waals surface area contributed by atoms with Gasteiger partial charge in [-0.25, -0.2) is 0 Å². The van der Waals surface area contributed by atoms with E-state index in [0.717, 1.165) is 36.3 Å². The van der Waals surface area contributed by atoms with Crippen LogP contribution in [-0.2, 0) is 4.74 Å². The predicted octanol–water partition coefficient (Wildman–Crippen LogP) is 11.3. The average molecular weight is 845 g/mol. The molecule has 2 bridgehead atoms. The van der Waals surface area contributed by atoms with Crippen LogP contribution in [0.4, 0.5) is 45.5 Å². The fraction of sp³-hybridized carbons (Fsp3) is 0.207. The van der Waals surface area contributed by atoms with Crippen LogP contribution in [0, 0.1) is 24.2 Å². The molecule has 0 saturated carbocycles. The maximum absolute atomic E-state index is 6.67. The molecular formula is C58H51BN3OSi+. The predicted molar refractivity (Wildman–Crippen MR) is 270 cm³/mol. The van der Waals surface area contributed by atoms with Crippen LogP contribution in [0.3, 0.4) is 0 Å². The van der Waals surface area contributed by atoms with E-state index >= 15 is 0 Å². The molecule has 1 saturated heterocycles. The molecule has 3 aliphatic heterocycles. The quantitative estimate of drug-likeness (QED) is 0.123. The van der Waals surface area contributed by atoms with Gasteiger partial charge in [0.1, 0.15) is 5.19 Å². The number of anilines is 8. The Morgan fingerprint density at radius 1 is 0.688 bits per heavy atom. The maximum Gasteiger partial charge on any atom is 0.345 e. The topological polar surface area (TPSA) is 19.0 Å². The first-order chi connectivity index (χ1) is 31.5. The summed E-state index contributed by atoms with van der Waals surface area (Å²) in [6.07, 6.45) is 23.1. The third kappa shape index (κ3) is 5.45. The van der Waals surface area contributed by atoms with Crippen LogP contribution in [0.5, 0.6) is 0 Å². The van der Waals surface area contributed by atoms with Crippen molar-refractivity contribution in [2.45, 2.75) is 57.5 Å². The minimum atomic E-state index is -0.859. The fourth-order valence-electron chi connectivity index (χ4n) is 12.8. The van der Waals surface area contributed by atoms with Crippen molar-refractivity contribution >= 4 is 82.6 Å². The minimum absolute atomic E-state index is 0.0230. The molecule has 0 aromatic heterocycles.